The highest BCUT2D eigenvalue weighted by atomic mass is 16.5. The number of amides is 3. The number of fused-ring (bicyclic) bond motifs is 2. The summed E-state index contributed by atoms with van der Waals surface area (Å²) in [6.45, 7) is 6.17. The van der Waals surface area contributed by atoms with Gasteiger partial charge in [-0.1, -0.05) is 18.2 Å². The van der Waals surface area contributed by atoms with Crippen LogP contribution in [0.15, 0.2) is 79.1 Å². The minimum Gasteiger partial charge on any atom is -0.496 e. The zero-order chi connectivity index (χ0) is 40.9. The monoisotopic (exact) mass is 810 g/mol. The summed E-state index contributed by atoms with van der Waals surface area (Å²) in [5.41, 5.74) is 10.4. The molecule has 5 aromatic rings. The van der Waals surface area contributed by atoms with Crippen molar-refractivity contribution in [3.63, 3.8) is 0 Å². The summed E-state index contributed by atoms with van der Waals surface area (Å²) in [5.74, 6) is 2.60. The van der Waals surface area contributed by atoms with Gasteiger partial charge in [-0.05, 0) is 92.5 Å². The van der Waals surface area contributed by atoms with Crippen molar-refractivity contribution < 1.29 is 23.9 Å². The van der Waals surface area contributed by atoms with Crippen LogP contribution in [0, 0.1) is 11.8 Å². The number of nitrogens with zero attached hydrogens (tertiary/aromatic N) is 7. The lowest BCUT2D eigenvalue weighted by atomic mass is 10.0. The second kappa shape index (κ2) is 15.8. The minimum absolute atomic E-state index is 0.199. The van der Waals surface area contributed by atoms with Crippen LogP contribution in [-0.4, -0.2) is 112 Å². The molecule has 3 saturated heterocycles. The van der Waals surface area contributed by atoms with Gasteiger partial charge in [-0.25, -0.2) is 14.6 Å². The van der Waals surface area contributed by atoms with Crippen LogP contribution in [0.2, 0.25) is 0 Å². The maximum atomic E-state index is 13.0. The third kappa shape index (κ3) is 7.29. The SMILES string of the molecule is COc1cc(N2CC(N3CCN(C4CC5CC(n6nc(-c7ccc(Oc8ccccc8)cc7)c7c(N)ncnc76)CC5C4)CC3)C2)ccc1C(=O)NC1CCC(=O)NC1=O. The fraction of sp³-hybridized carbons (Fsp3) is 0.422. The molecule has 3 amide bonds. The number of carbonyl (C=O) groups excluding carboxylic acids is 3. The van der Waals surface area contributed by atoms with Crippen molar-refractivity contribution in [2.45, 2.75) is 62.7 Å². The van der Waals surface area contributed by atoms with E-state index in [1.54, 1.807) is 19.5 Å². The molecular weight excluding hydrogens is 761 g/mol. The number of rotatable bonds is 10. The first-order chi connectivity index (χ1) is 29.3. The predicted octanol–water partition coefficient (Wildman–Crippen LogP) is 4.65. The normalized spacial score (nSPS) is 24.9. The summed E-state index contributed by atoms with van der Waals surface area (Å²) < 4.78 is 13.8. The van der Waals surface area contributed by atoms with Gasteiger partial charge >= 0.3 is 0 Å². The summed E-state index contributed by atoms with van der Waals surface area (Å²) in [6, 6.07) is 24.0. The number of piperidine rings is 1. The van der Waals surface area contributed by atoms with Gasteiger partial charge in [0, 0.05) is 75.1 Å². The summed E-state index contributed by atoms with van der Waals surface area (Å²) in [4.78, 5) is 53.5. The van der Waals surface area contributed by atoms with Crippen LogP contribution in [-0.2, 0) is 9.59 Å². The maximum absolute atomic E-state index is 13.0. The first-order valence-corrected chi connectivity index (χ1v) is 21.2. The Morgan fingerprint density at radius 3 is 2.22 bits per heavy atom. The minimum atomic E-state index is -0.742. The van der Waals surface area contributed by atoms with Gasteiger partial charge in [-0.15, -0.1) is 0 Å². The summed E-state index contributed by atoms with van der Waals surface area (Å²) in [6.07, 6.45) is 6.69. The van der Waals surface area contributed by atoms with Gasteiger partial charge in [0.2, 0.25) is 11.8 Å². The molecule has 3 aliphatic heterocycles. The molecule has 3 unspecified atom stereocenters. The van der Waals surface area contributed by atoms with Gasteiger partial charge in [0.25, 0.3) is 5.91 Å². The molecule has 0 spiro atoms. The van der Waals surface area contributed by atoms with Gasteiger partial charge in [0.1, 0.15) is 41.1 Å². The molecule has 5 aliphatic rings. The highest BCUT2D eigenvalue weighted by Gasteiger charge is 2.46. The molecule has 60 heavy (non-hydrogen) atoms. The van der Waals surface area contributed by atoms with Crippen molar-refractivity contribution >= 4 is 40.3 Å². The number of nitrogens with two attached hydrogens (primary N) is 1. The quantitative estimate of drug-likeness (QED) is 0.167. The average Bonchev–Trinajstić information content (AvgIpc) is 3.95. The molecule has 2 aromatic heterocycles. The number of imide groups is 1. The third-order valence-electron chi connectivity index (χ3n) is 13.5. The fourth-order valence-corrected chi connectivity index (χ4v) is 10.3. The second-order valence-corrected chi connectivity index (χ2v) is 17.0. The molecule has 10 rings (SSSR count). The Morgan fingerprint density at radius 2 is 1.52 bits per heavy atom. The van der Waals surface area contributed by atoms with E-state index in [-0.39, 0.29) is 24.8 Å². The van der Waals surface area contributed by atoms with E-state index < -0.39 is 17.9 Å². The van der Waals surface area contributed by atoms with E-state index in [2.05, 4.69) is 35.0 Å². The van der Waals surface area contributed by atoms with Crippen LogP contribution in [0.5, 0.6) is 17.2 Å². The zero-order valence-electron chi connectivity index (χ0n) is 33.7. The summed E-state index contributed by atoms with van der Waals surface area (Å²) in [5, 5.41) is 11.0. The summed E-state index contributed by atoms with van der Waals surface area (Å²) >= 11 is 0. The van der Waals surface area contributed by atoms with Gasteiger partial charge in [0.05, 0.1) is 24.1 Å². The first-order valence-electron chi connectivity index (χ1n) is 21.2. The number of aromatic nitrogens is 4. The predicted molar refractivity (Wildman–Crippen MR) is 226 cm³/mol. The Kier molecular flexibility index (Phi) is 10.1. The number of carbonyl (C=O) groups is 3. The van der Waals surface area contributed by atoms with Crippen LogP contribution in [0.25, 0.3) is 22.3 Å². The molecule has 2 saturated carbocycles. The van der Waals surface area contributed by atoms with E-state index in [1.165, 1.54) is 12.8 Å². The number of benzene rings is 3. The van der Waals surface area contributed by atoms with Crippen molar-refractivity contribution in [2.24, 2.45) is 11.8 Å². The third-order valence-corrected chi connectivity index (χ3v) is 13.5. The number of piperazine rings is 1. The Hall–Kier alpha value is -6.06. The van der Waals surface area contributed by atoms with Crippen LogP contribution in [0.3, 0.4) is 0 Å². The number of nitrogen functional groups attached to an aromatic ring is 1. The van der Waals surface area contributed by atoms with Crippen molar-refractivity contribution in [1.29, 1.82) is 0 Å². The number of ether oxygens (including phenoxy) is 2. The Balaban J connectivity index is 0.717. The lowest BCUT2D eigenvalue weighted by Gasteiger charge is -2.50. The van der Waals surface area contributed by atoms with E-state index >= 15 is 0 Å². The Bertz CT molecular complexity index is 2400. The van der Waals surface area contributed by atoms with Crippen molar-refractivity contribution in [2.75, 3.05) is 57.0 Å². The van der Waals surface area contributed by atoms with Crippen LogP contribution in [0.4, 0.5) is 11.5 Å². The molecule has 3 atom stereocenters. The van der Waals surface area contributed by atoms with Crippen LogP contribution in [0.1, 0.15) is 54.9 Å². The van der Waals surface area contributed by atoms with Gasteiger partial charge in [-0.3, -0.25) is 29.5 Å². The van der Waals surface area contributed by atoms with Crippen molar-refractivity contribution in [3.05, 3.63) is 84.7 Å². The number of anilines is 2. The molecular formula is C45H50N10O5. The lowest BCUT2D eigenvalue weighted by molar-refractivity contribution is -0.134. The van der Waals surface area contributed by atoms with Gasteiger partial charge < -0.3 is 25.4 Å². The number of hydrogen-bond donors (Lipinski definition) is 3. The molecule has 5 heterocycles. The van der Waals surface area contributed by atoms with Crippen molar-refractivity contribution in [1.82, 2.24) is 40.2 Å². The van der Waals surface area contributed by atoms with Crippen molar-refractivity contribution in [3.8, 4) is 28.5 Å². The van der Waals surface area contributed by atoms with E-state index in [4.69, 9.17) is 25.3 Å². The number of hydrogen-bond acceptors (Lipinski definition) is 12. The second-order valence-electron chi connectivity index (χ2n) is 17.0. The van der Waals surface area contributed by atoms with Gasteiger partial charge in [0.15, 0.2) is 5.65 Å². The van der Waals surface area contributed by atoms with E-state index in [0.717, 1.165) is 91.6 Å². The van der Waals surface area contributed by atoms with E-state index in [0.29, 0.717) is 41.1 Å². The topological polar surface area (TPSA) is 173 Å². The molecule has 310 valence electrons. The number of methoxy groups -OCH3 is 1. The maximum Gasteiger partial charge on any atom is 0.255 e. The Morgan fingerprint density at radius 1 is 0.833 bits per heavy atom. The largest absolute Gasteiger partial charge is 0.496 e. The highest BCUT2D eigenvalue weighted by Crippen LogP contribution is 2.51. The molecule has 15 nitrogen and oxygen atoms in total. The highest BCUT2D eigenvalue weighted by molar-refractivity contribution is 6.04. The standard InChI is InChI=1S/C45H50N10O5/c1-59-38-23-30(9-12-36(38)44(57)49-37-13-14-39(56)50-45(37)58)54-24-33(25-54)53-17-15-52(16-18-53)31-19-28-21-32(22-29(28)20-31)55-43-40(42(46)47-26-48-43)41(51-55)27-7-10-35(11-8-27)60-34-5-3-2-4-6-34/h2-12,23,26,28-29,31-33,37H,13-22,24-25H2,1H3,(H,49,57)(H2,46,47,48)(H,50,56,58). The molecule has 5 fully saturated rings. The molecule has 0 radical (unpaired) electrons. The molecule has 3 aromatic carbocycles. The first kappa shape index (κ1) is 38.2. The average molecular weight is 811 g/mol. The molecule has 0 bridgehead atoms. The summed E-state index contributed by atoms with van der Waals surface area (Å²) in [7, 11) is 1.55. The Labute approximate surface area is 348 Å². The molecule has 15 heteroatoms. The molecule has 2 aliphatic carbocycles. The van der Waals surface area contributed by atoms with E-state index in [1.807, 2.05) is 66.7 Å². The lowest BCUT2D eigenvalue weighted by Crippen LogP contribution is -2.63. The van der Waals surface area contributed by atoms with Gasteiger partial charge in [-0.2, -0.15) is 5.10 Å². The molecule has 4 N–H and O–H groups in total. The smallest absolute Gasteiger partial charge is 0.255 e. The number of para-hydroxylation sites is 1. The van der Waals surface area contributed by atoms with E-state index in [9.17, 15) is 14.4 Å². The fourth-order valence-electron chi connectivity index (χ4n) is 10.3. The van der Waals surface area contributed by atoms with Crippen LogP contribution < -0.4 is 30.7 Å². The zero-order valence-corrected chi connectivity index (χ0v) is 33.7. The van der Waals surface area contributed by atoms with Crippen LogP contribution >= 0.6 is 0 Å². The number of nitrogens with one attached hydrogen (secondary N) is 2.